The summed E-state index contributed by atoms with van der Waals surface area (Å²) in [6, 6.07) is 17.6. The van der Waals surface area contributed by atoms with Gasteiger partial charge in [-0.2, -0.15) is 0 Å². The van der Waals surface area contributed by atoms with Crippen molar-refractivity contribution in [1.29, 1.82) is 0 Å². The highest BCUT2D eigenvalue weighted by Gasteiger charge is 2.26. The summed E-state index contributed by atoms with van der Waals surface area (Å²) in [5.74, 6) is 0.256. The topological polar surface area (TPSA) is 62.3 Å². The van der Waals surface area contributed by atoms with Crippen molar-refractivity contribution in [3.63, 3.8) is 0 Å². The summed E-state index contributed by atoms with van der Waals surface area (Å²) in [7, 11) is 0. The molecule has 0 spiro atoms. The number of aromatic nitrogens is 1. The maximum absolute atomic E-state index is 12.7. The first-order chi connectivity index (χ1) is 14.6. The highest BCUT2D eigenvalue weighted by atomic mass is 32.1. The van der Waals surface area contributed by atoms with Crippen LogP contribution in [0.5, 0.6) is 0 Å². The van der Waals surface area contributed by atoms with E-state index in [1.807, 2.05) is 42.5 Å². The second kappa shape index (κ2) is 9.49. The monoisotopic (exact) mass is 421 g/mol. The molecule has 5 nitrogen and oxygen atoms in total. The number of carbonyl (C=O) groups is 2. The molecule has 6 heteroatoms. The number of piperidine rings is 1. The smallest absolute Gasteiger partial charge is 0.234 e. The number of hydrogen-bond donors (Lipinski definition) is 1. The Morgan fingerprint density at radius 1 is 1.17 bits per heavy atom. The molecular formula is C24H27N3O2S. The van der Waals surface area contributed by atoms with E-state index in [0.717, 1.165) is 42.0 Å². The van der Waals surface area contributed by atoms with Crippen LogP contribution in [-0.2, 0) is 16.0 Å². The Labute approximate surface area is 181 Å². The minimum absolute atomic E-state index is 0.0156. The molecule has 0 saturated carbocycles. The van der Waals surface area contributed by atoms with Crippen LogP contribution in [0.25, 0.3) is 10.2 Å². The number of Topliss-reactive ketones (excluding diaryl/α,β-unsaturated/α-hetero) is 1. The Morgan fingerprint density at radius 3 is 2.70 bits per heavy atom. The van der Waals surface area contributed by atoms with Gasteiger partial charge in [0, 0.05) is 12.5 Å². The number of nitrogens with one attached hydrogen (secondary N) is 1. The van der Waals surface area contributed by atoms with Crippen LogP contribution in [0.2, 0.25) is 0 Å². The molecule has 156 valence electrons. The van der Waals surface area contributed by atoms with Crippen LogP contribution >= 0.6 is 11.3 Å². The molecule has 1 aliphatic rings. The van der Waals surface area contributed by atoms with E-state index < -0.39 is 6.04 Å². The highest BCUT2D eigenvalue weighted by molar-refractivity contribution is 7.18. The molecule has 2 heterocycles. The van der Waals surface area contributed by atoms with E-state index in [9.17, 15) is 9.59 Å². The number of benzene rings is 2. The zero-order chi connectivity index (χ0) is 20.9. The first-order valence-electron chi connectivity index (χ1n) is 10.5. The highest BCUT2D eigenvalue weighted by Crippen LogP contribution is 2.32. The first-order valence-corrected chi connectivity index (χ1v) is 11.3. The van der Waals surface area contributed by atoms with Crippen LogP contribution in [0, 0.1) is 0 Å². The molecule has 1 saturated heterocycles. The SMILES string of the molecule is CC(=O)[C@H](Cc1ccccc1)NC(=O)CN1CCC[C@H](c2nc3ccccc3s2)C1. The molecule has 2 aromatic carbocycles. The van der Waals surface area contributed by atoms with Crippen LogP contribution < -0.4 is 5.32 Å². The quantitative estimate of drug-likeness (QED) is 0.630. The number of nitrogens with zero attached hydrogens (tertiary/aromatic N) is 2. The summed E-state index contributed by atoms with van der Waals surface area (Å²) < 4.78 is 1.22. The molecule has 3 aromatic rings. The first kappa shape index (κ1) is 20.7. The van der Waals surface area contributed by atoms with Crippen LogP contribution in [0.3, 0.4) is 0 Å². The molecule has 1 fully saturated rings. The predicted octanol–water partition coefficient (Wildman–Crippen LogP) is 3.79. The Bertz CT molecular complexity index is 984. The van der Waals surface area contributed by atoms with Gasteiger partial charge in [-0.25, -0.2) is 4.98 Å². The summed E-state index contributed by atoms with van der Waals surface area (Å²) in [5, 5.41) is 4.10. The average Bonchev–Trinajstić information content (AvgIpc) is 3.18. The Kier molecular flexibility index (Phi) is 6.55. The third-order valence-electron chi connectivity index (χ3n) is 5.64. The summed E-state index contributed by atoms with van der Waals surface area (Å²) in [5.41, 5.74) is 2.10. The second-order valence-corrected chi connectivity index (χ2v) is 9.08. The molecule has 1 aromatic heterocycles. The van der Waals surface area contributed by atoms with Crippen molar-refractivity contribution in [1.82, 2.24) is 15.2 Å². The van der Waals surface area contributed by atoms with Gasteiger partial charge < -0.3 is 5.32 Å². The van der Waals surface area contributed by atoms with Gasteiger partial charge in [0.15, 0.2) is 5.78 Å². The van der Waals surface area contributed by atoms with Crippen molar-refractivity contribution in [2.45, 2.75) is 38.1 Å². The van der Waals surface area contributed by atoms with E-state index in [4.69, 9.17) is 4.98 Å². The lowest BCUT2D eigenvalue weighted by Gasteiger charge is -2.31. The Balaban J connectivity index is 1.35. The van der Waals surface area contributed by atoms with Gasteiger partial charge in [-0.05, 0) is 50.4 Å². The van der Waals surface area contributed by atoms with E-state index in [1.165, 1.54) is 11.6 Å². The van der Waals surface area contributed by atoms with Gasteiger partial charge >= 0.3 is 0 Å². The van der Waals surface area contributed by atoms with Crippen molar-refractivity contribution in [3.8, 4) is 0 Å². The molecule has 1 amide bonds. The number of carbonyl (C=O) groups excluding carboxylic acids is 2. The lowest BCUT2D eigenvalue weighted by Crippen LogP contribution is -2.47. The van der Waals surface area contributed by atoms with Gasteiger partial charge in [0.05, 0.1) is 27.8 Å². The second-order valence-electron chi connectivity index (χ2n) is 8.01. The fourth-order valence-corrected chi connectivity index (χ4v) is 5.15. The minimum Gasteiger partial charge on any atom is -0.345 e. The number of thiazole rings is 1. The number of likely N-dealkylation sites (tertiary alicyclic amines) is 1. The molecular weight excluding hydrogens is 394 g/mol. The van der Waals surface area contributed by atoms with Gasteiger partial charge in [0.25, 0.3) is 0 Å². The molecule has 0 unspecified atom stereocenters. The molecule has 4 rings (SSSR count). The lowest BCUT2D eigenvalue weighted by atomic mass is 9.98. The van der Waals surface area contributed by atoms with Crippen LogP contribution in [-0.4, -0.2) is 47.3 Å². The van der Waals surface area contributed by atoms with Crippen LogP contribution in [0.1, 0.15) is 36.3 Å². The standard InChI is InChI=1S/C24H27N3O2S/c1-17(28)21(14-18-8-3-2-4-9-18)25-23(29)16-27-13-7-10-19(15-27)24-26-20-11-5-6-12-22(20)30-24/h2-6,8-9,11-12,19,21H,7,10,13-16H2,1H3,(H,25,29)/t19-,21-/m0/s1. The molecule has 1 N–H and O–H groups in total. The number of fused-ring (bicyclic) bond motifs is 1. The summed E-state index contributed by atoms with van der Waals surface area (Å²) >= 11 is 1.76. The van der Waals surface area contributed by atoms with E-state index >= 15 is 0 Å². The van der Waals surface area contributed by atoms with Gasteiger partial charge in [-0.15, -0.1) is 11.3 Å². The number of amides is 1. The van der Waals surface area contributed by atoms with Crippen molar-refractivity contribution in [3.05, 3.63) is 65.2 Å². The van der Waals surface area contributed by atoms with E-state index in [-0.39, 0.29) is 11.7 Å². The third kappa shape index (κ3) is 5.12. The summed E-state index contributed by atoms with van der Waals surface area (Å²) in [6.07, 6.45) is 2.67. The van der Waals surface area contributed by atoms with E-state index in [1.54, 1.807) is 11.3 Å². The molecule has 0 bridgehead atoms. The maximum atomic E-state index is 12.7. The van der Waals surface area contributed by atoms with Crippen molar-refractivity contribution in [2.24, 2.45) is 0 Å². The largest absolute Gasteiger partial charge is 0.345 e. The lowest BCUT2D eigenvalue weighted by molar-refractivity contribution is -0.127. The van der Waals surface area contributed by atoms with Crippen molar-refractivity contribution < 1.29 is 9.59 Å². The van der Waals surface area contributed by atoms with E-state index in [2.05, 4.69) is 22.3 Å². The van der Waals surface area contributed by atoms with Gasteiger partial charge in [0.1, 0.15) is 0 Å². The minimum atomic E-state index is -0.482. The average molecular weight is 422 g/mol. The Morgan fingerprint density at radius 2 is 1.93 bits per heavy atom. The fourth-order valence-electron chi connectivity index (χ4n) is 4.05. The molecule has 30 heavy (non-hydrogen) atoms. The van der Waals surface area contributed by atoms with Crippen LogP contribution in [0.4, 0.5) is 0 Å². The van der Waals surface area contributed by atoms with Crippen molar-refractivity contribution >= 4 is 33.2 Å². The van der Waals surface area contributed by atoms with E-state index in [0.29, 0.717) is 18.9 Å². The fraction of sp³-hybridized carbons (Fsp3) is 0.375. The molecule has 0 radical (unpaired) electrons. The van der Waals surface area contributed by atoms with Crippen molar-refractivity contribution in [2.75, 3.05) is 19.6 Å². The van der Waals surface area contributed by atoms with Gasteiger partial charge in [0.2, 0.25) is 5.91 Å². The molecule has 2 atom stereocenters. The molecule has 0 aliphatic carbocycles. The zero-order valence-electron chi connectivity index (χ0n) is 17.2. The molecule has 1 aliphatic heterocycles. The third-order valence-corrected chi connectivity index (χ3v) is 6.84. The van der Waals surface area contributed by atoms with Gasteiger partial charge in [-0.1, -0.05) is 42.5 Å². The summed E-state index contributed by atoms with van der Waals surface area (Å²) in [6.45, 7) is 3.59. The predicted molar refractivity (Wildman–Crippen MR) is 121 cm³/mol. The number of hydrogen-bond acceptors (Lipinski definition) is 5. The van der Waals surface area contributed by atoms with Gasteiger partial charge in [-0.3, -0.25) is 14.5 Å². The Hall–Kier alpha value is -2.57. The van der Waals surface area contributed by atoms with Crippen LogP contribution in [0.15, 0.2) is 54.6 Å². The number of para-hydroxylation sites is 1. The normalized spacial score (nSPS) is 18.2. The summed E-state index contributed by atoms with van der Waals surface area (Å²) in [4.78, 5) is 31.8. The number of ketones is 1. The zero-order valence-corrected chi connectivity index (χ0v) is 18.0. The number of rotatable bonds is 7. The maximum Gasteiger partial charge on any atom is 0.234 e.